The number of hydrogen-bond donors (Lipinski definition) is 1. The lowest BCUT2D eigenvalue weighted by Gasteiger charge is -2.60. The van der Waals surface area contributed by atoms with Crippen LogP contribution in [0.4, 0.5) is 10.7 Å². The smallest absolute Gasteiger partial charge is 0.410 e. The first kappa shape index (κ1) is 27.3. The topological polar surface area (TPSA) is 114 Å². The Bertz CT molecular complexity index is 1650. The Morgan fingerprint density at radius 3 is 2.37 bits per heavy atom. The number of nitrogens with one attached hydrogen (secondary N) is 1. The third-order valence-corrected chi connectivity index (χ3v) is 8.03. The zero-order chi connectivity index (χ0) is 29.1. The lowest BCUT2D eigenvalue weighted by Crippen LogP contribution is -2.74. The van der Waals surface area contributed by atoms with Crippen molar-refractivity contribution < 1.29 is 19.1 Å². The van der Waals surface area contributed by atoms with Crippen molar-refractivity contribution in [2.75, 3.05) is 38.6 Å². The number of benzene rings is 2. The largest absolute Gasteiger partial charge is 0.497 e. The zero-order valence-corrected chi connectivity index (χ0v) is 25.2. The Hall–Kier alpha value is -3.93. The number of amides is 2. The van der Waals surface area contributed by atoms with E-state index in [-0.39, 0.29) is 17.4 Å². The highest BCUT2D eigenvalue weighted by Crippen LogP contribution is 2.40. The first-order valence-electron chi connectivity index (χ1n) is 13.5. The number of halogens is 1. The summed E-state index contributed by atoms with van der Waals surface area (Å²) in [5.74, 6) is 1.66. The minimum Gasteiger partial charge on any atom is -0.497 e. The summed E-state index contributed by atoms with van der Waals surface area (Å²) in [6.45, 7) is 9.80. The van der Waals surface area contributed by atoms with Crippen LogP contribution >= 0.6 is 15.9 Å². The highest BCUT2D eigenvalue weighted by atomic mass is 79.9. The lowest BCUT2D eigenvalue weighted by atomic mass is 9.73. The second-order valence-corrected chi connectivity index (χ2v) is 12.7. The molecule has 6 rings (SSSR count). The van der Waals surface area contributed by atoms with Gasteiger partial charge in [-0.05, 0) is 80.0 Å². The molecule has 2 saturated heterocycles. The number of likely N-dealkylation sites (tertiary alicyclic amines) is 2. The Labute approximate surface area is 246 Å². The van der Waals surface area contributed by atoms with Crippen LogP contribution in [0.2, 0.25) is 0 Å². The van der Waals surface area contributed by atoms with Crippen molar-refractivity contribution in [3.8, 4) is 17.1 Å². The van der Waals surface area contributed by atoms with E-state index in [1.54, 1.807) is 16.5 Å². The van der Waals surface area contributed by atoms with Crippen LogP contribution in [-0.2, 0) is 9.53 Å². The maximum Gasteiger partial charge on any atom is 0.410 e. The number of aromatic nitrogens is 4. The molecule has 0 unspecified atom stereocenters. The number of para-hydroxylation sites is 1. The van der Waals surface area contributed by atoms with Crippen molar-refractivity contribution >= 4 is 50.4 Å². The fourth-order valence-corrected chi connectivity index (χ4v) is 5.87. The Kier molecular flexibility index (Phi) is 6.55. The fourth-order valence-electron chi connectivity index (χ4n) is 5.42. The van der Waals surface area contributed by atoms with Crippen LogP contribution in [0.1, 0.15) is 27.7 Å². The molecule has 1 N–H and O–H groups in total. The molecule has 2 amide bonds. The first-order chi connectivity index (χ1) is 19.4. The van der Waals surface area contributed by atoms with Crippen LogP contribution < -0.4 is 10.1 Å². The number of ether oxygens (including phenoxy) is 2. The van der Waals surface area contributed by atoms with Crippen molar-refractivity contribution in [2.24, 2.45) is 5.41 Å². The zero-order valence-electron chi connectivity index (χ0n) is 23.6. The molecule has 214 valence electrons. The summed E-state index contributed by atoms with van der Waals surface area (Å²) in [6, 6.07) is 12.8. The van der Waals surface area contributed by atoms with Gasteiger partial charge in [0.25, 0.3) is 0 Å². The average molecular weight is 623 g/mol. The van der Waals surface area contributed by atoms with E-state index in [1.165, 1.54) is 0 Å². The predicted octanol–water partition coefficient (Wildman–Crippen LogP) is 4.60. The molecule has 4 aromatic rings. The van der Waals surface area contributed by atoms with Crippen LogP contribution in [0.5, 0.6) is 5.75 Å². The molecule has 12 heteroatoms. The number of rotatable bonds is 5. The van der Waals surface area contributed by atoms with Gasteiger partial charge in [0.15, 0.2) is 11.5 Å². The van der Waals surface area contributed by atoms with Gasteiger partial charge in [0.05, 0.1) is 12.6 Å². The maximum absolute atomic E-state index is 13.4. The molecule has 1 spiro atoms. The molecule has 2 aliphatic heterocycles. The van der Waals surface area contributed by atoms with E-state index in [2.05, 4.69) is 21.2 Å². The van der Waals surface area contributed by atoms with Gasteiger partial charge in [-0.25, -0.2) is 14.8 Å². The summed E-state index contributed by atoms with van der Waals surface area (Å²) < 4.78 is 13.2. The van der Waals surface area contributed by atoms with Gasteiger partial charge in [-0.3, -0.25) is 4.79 Å². The second kappa shape index (κ2) is 9.86. The van der Waals surface area contributed by atoms with E-state index in [1.807, 2.05) is 75.1 Å². The van der Waals surface area contributed by atoms with Gasteiger partial charge in [-0.15, -0.1) is 5.10 Å². The molecule has 2 aromatic heterocycles. The average Bonchev–Trinajstić information content (AvgIpc) is 3.33. The molecule has 2 aliphatic rings. The standard InChI is InChI=1S/C29H32BrN7O4/c1-17(25(38)35-13-29(14-35)15-36(16-29)27(39)41-28(2,3)4)31-26-32-22-20(7-6-8-21(22)30)24-33-23(34-37(24)26)18-9-11-19(40-5)12-10-18/h6-12,17H,13-16H2,1-5H3,(H,31,32)/t17-/m1/s1. The molecular formula is C29H32BrN7O4. The monoisotopic (exact) mass is 621 g/mol. The molecular weight excluding hydrogens is 590 g/mol. The summed E-state index contributed by atoms with van der Waals surface area (Å²) in [5, 5.41) is 8.87. The van der Waals surface area contributed by atoms with Crippen molar-refractivity contribution in [3.63, 3.8) is 0 Å². The van der Waals surface area contributed by atoms with Gasteiger partial charge in [0.2, 0.25) is 11.9 Å². The summed E-state index contributed by atoms with van der Waals surface area (Å²) in [5.41, 5.74) is 1.60. The van der Waals surface area contributed by atoms with E-state index in [0.717, 1.165) is 26.7 Å². The molecule has 2 aromatic carbocycles. The summed E-state index contributed by atoms with van der Waals surface area (Å²) in [7, 11) is 1.62. The second-order valence-electron chi connectivity index (χ2n) is 11.9. The predicted molar refractivity (Wildman–Crippen MR) is 158 cm³/mol. The Morgan fingerprint density at radius 2 is 1.71 bits per heavy atom. The van der Waals surface area contributed by atoms with Crippen molar-refractivity contribution in [1.29, 1.82) is 0 Å². The number of anilines is 1. The minimum atomic E-state index is -0.557. The van der Waals surface area contributed by atoms with E-state index in [4.69, 9.17) is 24.5 Å². The molecule has 11 nitrogen and oxygen atoms in total. The highest BCUT2D eigenvalue weighted by Gasteiger charge is 2.55. The van der Waals surface area contributed by atoms with Gasteiger partial charge in [0.1, 0.15) is 17.4 Å². The van der Waals surface area contributed by atoms with Gasteiger partial charge in [-0.2, -0.15) is 4.52 Å². The third-order valence-electron chi connectivity index (χ3n) is 7.39. The SMILES string of the molecule is COc1ccc(-c2nc3c4cccc(Br)c4nc(N[C@H](C)C(=O)N4CC5(CN(C(=O)OC(C)(C)C)C5)C4)n3n2)cc1. The van der Waals surface area contributed by atoms with Gasteiger partial charge in [-0.1, -0.05) is 6.07 Å². The number of methoxy groups -OCH3 is 1. The van der Waals surface area contributed by atoms with Crippen LogP contribution in [0.3, 0.4) is 0 Å². The van der Waals surface area contributed by atoms with E-state index in [9.17, 15) is 9.59 Å². The van der Waals surface area contributed by atoms with Crippen LogP contribution in [0.15, 0.2) is 46.9 Å². The van der Waals surface area contributed by atoms with E-state index < -0.39 is 11.6 Å². The van der Waals surface area contributed by atoms with Crippen molar-refractivity contribution in [1.82, 2.24) is 29.4 Å². The summed E-state index contributed by atoms with van der Waals surface area (Å²) >= 11 is 3.61. The first-order valence-corrected chi connectivity index (χ1v) is 14.3. The Morgan fingerprint density at radius 1 is 1.02 bits per heavy atom. The number of carbonyl (C=O) groups is 2. The fraction of sp³-hybridized carbons (Fsp3) is 0.414. The normalized spacial score (nSPS) is 16.8. The summed E-state index contributed by atoms with van der Waals surface area (Å²) in [4.78, 5) is 38.9. The highest BCUT2D eigenvalue weighted by molar-refractivity contribution is 9.10. The van der Waals surface area contributed by atoms with Gasteiger partial charge < -0.3 is 24.6 Å². The molecule has 0 radical (unpaired) electrons. The molecule has 2 fully saturated rings. The molecule has 0 saturated carbocycles. The minimum absolute atomic E-state index is 0.0380. The quantitative estimate of drug-likeness (QED) is 0.344. The Balaban J connectivity index is 1.20. The third kappa shape index (κ3) is 5.05. The molecule has 4 heterocycles. The molecule has 41 heavy (non-hydrogen) atoms. The number of carbonyl (C=O) groups excluding carboxylic acids is 2. The van der Waals surface area contributed by atoms with Gasteiger partial charge in [0, 0.05) is 47.0 Å². The maximum atomic E-state index is 13.4. The molecule has 0 aliphatic carbocycles. The van der Waals surface area contributed by atoms with E-state index >= 15 is 0 Å². The lowest BCUT2D eigenvalue weighted by molar-refractivity contribution is -0.157. The van der Waals surface area contributed by atoms with Crippen LogP contribution in [-0.4, -0.2) is 86.3 Å². The van der Waals surface area contributed by atoms with Crippen LogP contribution in [0.25, 0.3) is 27.9 Å². The number of nitrogens with zero attached hydrogens (tertiary/aromatic N) is 6. The van der Waals surface area contributed by atoms with Crippen molar-refractivity contribution in [2.45, 2.75) is 39.3 Å². The molecule has 1 atom stereocenters. The van der Waals surface area contributed by atoms with Gasteiger partial charge >= 0.3 is 6.09 Å². The molecule has 0 bridgehead atoms. The van der Waals surface area contributed by atoms with E-state index in [0.29, 0.717) is 43.6 Å². The van der Waals surface area contributed by atoms with Crippen molar-refractivity contribution in [3.05, 3.63) is 46.9 Å². The number of hydrogen-bond acceptors (Lipinski definition) is 8. The van der Waals surface area contributed by atoms with Crippen LogP contribution in [0, 0.1) is 5.41 Å². The summed E-state index contributed by atoms with van der Waals surface area (Å²) in [6.07, 6.45) is -0.303. The number of fused-ring (bicyclic) bond motifs is 3.